The molecule has 0 radical (unpaired) electrons. The smallest absolute Gasteiger partial charge is 0.241 e. The number of nitriles is 1. The van der Waals surface area contributed by atoms with Crippen LogP contribution >= 0.6 is 0 Å². The summed E-state index contributed by atoms with van der Waals surface area (Å²) in [6.07, 6.45) is 0. The zero-order valence-corrected chi connectivity index (χ0v) is 11.7. The number of ether oxygens (including phenoxy) is 1. The summed E-state index contributed by atoms with van der Waals surface area (Å²) in [7, 11) is 1.48. The second-order valence-corrected chi connectivity index (χ2v) is 5.36. The van der Waals surface area contributed by atoms with Crippen LogP contribution in [0.2, 0.25) is 0 Å². The first kappa shape index (κ1) is 15.0. The maximum atomic E-state index is 12.0. The summed E-state index contributed by atoms with van der Waals surface area (Å²) in [5.74, 6) is 0.156. The third-order valence-electron chi connectivity index (χ3n) is 2.80. The monoisotopic (exact) mass is 261 g/mol. The third kappa shape index (κ3) is 3.70. The number of carbonyl (C=O) groups is 1. The molecule has 1 amide bonds. The number of nitrogens with two attached hydrogens (primary N) is 1. The second-order valence-electron chi connectivity index (χ2n) is 5.36. The van der Waals surface area contributed by atoms with Gasteiger partial charge in [0.1, 0.15) is 5.75 Å². The molecule has 1 aromatic carbocycles. The van der Waals surface area contributed by atoms with Gasteiger partial charge in [-0.15, -0.1) is 0 Å². The molecule has 1 rings (SSSR count). The van der Waals surface area contributed by atoms with Crippen molar-refractivity contribution in [1.82, 2.24) is 0 Å². The van der Waals surface area contributed by atoms with Crippen LogP contribution in [0.1, 0.15) is 26.3 Å². The highest BCUT2D eigenvalue weighted by molar-refractivity contribution is 5.96. The number of nitrogens with one attached hydrogen (secondary N) is 1. The van der Waals surface area contributed by atoms with Gasteiger partial charge >= 0.3 is 0 Å². The van der Waals surface area contributed by atoms with Crippen molar-refractivity contribution >= 4 is 11.6 Å². The van der Waals surface area contributed by atoms with Gasteiger partial charge in [-0.25, -0.2) is 0 Å². The molecule has 1 atom stereocenters. The lowest BCUT2D eigenvalue weighted by atomic mass is 9.87. The lowest BCUT2D eigenvalue weighted by Gasteiger charge is -2.26. The second kappa shape index (κ2) is 5.72. The Bertz CT molecular complexity index is 512. The van der Waals surface area contributed by atoms with Gasteiger partial charge in [0.05, 0.1) is 30.5 Å². The zero-order valence-electron chi connectivity index (χ0n) is 11.7. The Labute approximate surface area is 113 Å². The number of methoxy groups -OCH3 is 1. The van der Waals surface area contributed by atoms with E-state index < -0.39 is 6.04 Å². The maximum absolute atomic E-state index is 12.0. The lowest BCUT2D eigenvalue weighted by molar-refractivity contribution is -0.119. The molecule has 0 aromatic heterocycles. The molecular weight excluding hydrogens is 242 g/mol. The van der Waals surface area contributed by atoms with Crippen LogP contribution < -0.4 is 15.8 Å². The Kier molecular flexibility index (Phi) is 4.52. The van der Waals surface area contributed by atoms with E-state index in [4.69, 9.17) is 15.7 Å². The minimum atomic E-state index is -0.632. The molecule has 0 unspecified atom stereocenters. The van der Waals surface area contributed by atoms with Gasteiger partial charge in [0.15, 0.2) is 0 Å². The van der Waals surface area contributed by atoms with Crippen LogP contribution in [0.15, 0.2) is 18.2 Å². The molecule has 0 bridgehead atoms. The highest BCUT2D eigenvalue weighted by Crippen LogP contribution is 2.26. The van der Waals surface area contributed by atoms with Crippen LogP contribution in [0.4, 0.5) is 5.69 Å². The van der Waals surface area contributed by atoms with E-state index in [1.54, 1.807) is 18.2 Å². The van der Waals surface area contributed by atoms with Crippen LogP contribution in [-0.2, 0) is 4.79 Å². The van der Waals surface area contributed by atoms with Crippen molar-refractivity contribution in [3.63, 3.8) is 0 Å². The molecule has 0 aliphatic rings. The summed E-state index contributed by atoms with van der Waals surface area (Å²) < 4.78 is 5.15. The van der Waals surface area contributed by atoms with Crippen molar-refractivity contribution in [3.05, 3.63) is 23.8 Å². The van der Waals surface area contributed by atoms with Crippen molar-refractivity contribution in [2.24, 2.45) is 11.1 Å². The molecule has 3 N–H and O–H groups in total. The van der Waals surface area contributed by atoms with E-state index in [1.807, 2.05) is 26.8 Å². The normalized spacial score (nSPS) is 12.4. The molecule has 102 valence electrons. The highest BCUT2D eigenvalue weighted by Gasteiger charge is 2.27. The number of nitrogens with zero attached hydrogens (tertiary/aromatic N) is 1. The van der Waals surface area contributed by atoms with Gasteiger partial charge in [-0.05, 0) is 17.5 Å². The quantitative estimate of drug-likeness (QED) is 0.869. The average Bonchev–Trinajstić information content (AvgIpc) is 2.37. The third-order valence-corrected chi connectivity index (χ3v) is 2.80. The number of anilines is 1. The number of rotatable bonds is 3. The molecule has 0 saturated carbocycles. The number of carbonyl (C=O) groups excluding carboxylic acids is 1. The van der Waals surface area contributed by atoms with Gasteiger partial charge in [-0.2, -0.15) is 5.26 Å². The summed E-state index contributed by atoms with van der Waals surface area (Å²) in [6.45, 7) is 5.69. The van der Waals surface area contributed by atoms with E-state index in [0.717, 1.165) is 0 Å². The van der Waals surface area contributed by atoms with Gasteiger partial charge in [0, 0.05) is 6.07 Å². The van der Waals surface area contributed by atoms with Crippen LogP contribution in [0.25, 0.3) is 0 Å². The molecule has 0 fully saturated rings. The lowest BCUT2D eigenvalue weighted by Crippen LogP contribution is -2.45. The number of benzene rings is 1. The van der Waals surface area contributed by atoms with E-state index in [2.05, 4.69) is 5.32 Å². The molecule has 5 heteroatoms. The molecule has 0 aliphatic carbocycles. The topological polar surface area (TPSA) is 88.1 Å². The predicted octanol–water partition coefficient (Wildman–Crippen LogP) is 1.88. The van der Waals surface area contributed by atoms with Crippen molar-refractivity contribution < 1.29 is 9.53 Å². The largest absolute Gasteiger partial charge is 0.495 e. The number of hydrogen-bond acceptors (Lipinski definition) is 4. The van der Waals surface area contributed by atoms with Crippen molar-refractivity contribution in [3.8, 4) is 11.8 Å². The predicted molar refractivity (Wildman–Crippen MR) is 73.8 cm³/mol. The summed E-state index contributed by atoms with van der Waals surface area (Å²) in [4.78, 5) is 12.0. The van der Waals surface area contributed by atoms with Crippen LogP contribution in [-0.4, -0.2) is 19.1 Å². The van der Waals surface area contributed by atoms with Crippen LogP contribution in [0.3, 0.4) is 0 Å². The fourth-order valence-electron chi connectivity index (χ4n) is 1.47. The first-order valence-corrected chi connectivity index (χ1v) is 5.94. The number of hydrogen-bond donors (Lipinski definition) is 2. The van der Waals surface area contributed by atoms with Crippen LogP contribution in [0.5, 0.6) is 5.75 Å². The minimum Gasteiger partial charge on any atom is -0.495 e. The standard InChI is InChI=1S/C14H19N3O2/c1-14(2,3)12(16)13(18)17-10-6-5-9(8-15)7-11(10)19-4/h5-7,12H,16H2,1-4H3,(H,17,18)/t12-/m1/s1. The number of amides is 1. The zero-order chi connectivity index (χ0) is 14.6. The Hall–Kier alpha value is -2.06. The van der Waals surface area contributed by atoms with Gasteiger partial charge in [0.2, 0.25) is 5.91 Å². The molecule has 0 spiro atoms. The van der Waals surface area contributed by atoms with E-state index in [-0.39, 0.29) is 11.3 Å². The Morgan fingerprint density at radius 2 is 2.11 bits per heavy atom. The van der Waals surface area contributed by atoms with E-state index in [1.165, 1.54) is 7.11 Å². The average molecular weight is 261 g/mol. The molecule has 0 heterocycles. The van der Waals surface area contributed by atoms with Gasteiger partial charge < -0.3 is 15.8 Å². The first-order valence-electron chi connectivity index (χ1n) is 5.94. The van der Waals surface area contributed by atoms with E-state index in [0.29, 0.717) is 17.0 Å². The minimum absolute atomic E-state index is 0.282. The summed E-state index contributed by atoms with van der Waals surface area (Å²) >= 11 is 0. The van der Waals surface area contributed by atoms with E-state index >= 15 is 0 Å². The molecule has 5 nitrogen and oxygen atoms in total. The fraction of sp³-hybridized carbons (Fsp3) is 0.429. The molecule has 0 aliphatic heterocycles. The summed E-state index contributed by atoms with van der Waals surface area (Å²) in [5.41, 5.74) is 6.53. The van der Waals surface area contributed by atoms with Gasteiger partial charge in [-0.1, -0.05) is 20.8 Å². The van der Waals surface area contributed by atoms with Gasteiger partial charge in [-0.3, -0.25) is 4.79 Å². The highest BCUT2D eigenvalue weighted by atomic mass is 16.5. The van der Waals surface area contributed by atoms with Crippen molar-refractivity contribution in [2.75, 3.05) is 12.4 Å². The SMILES string of the molecule is COc1cc(C#N)ccc1NC(=O)[C@@H](N)C(C)(C)C. The Balaban J connectivity index is 2.95. The van der Waals surface area contributed by atoms with Crippen LogP contribution in [0, 0.1) is 16.7 Å². The Morgan fingerprint density at radius 3 is 2.58 bits per heavy atom. The molecule has 0 saturated heterocycles. The maximum Gasteiger partial charge on any atom is 0.241 e. The summed E-state index contributed by atoms with van der Waals surface area (Å²) in [6, 6.07) is 6.19. The summed E-state index contributed by atoms with van der Waals surface area (Å²) in [5, 5.41) is 11.5. The van der Waals surface area contributed by atoms with Crippen molar-refractivity contribution in [2.45, 2.75) is 26.8 Å². The van der Waals surface area contributed by atoms with E-state index in [9.17, 15) is 4.79 Å². The van der Waals surface area contributed by atoms with Gasteiger partial charge in [0.25, 0.3) is 0 Å². The molecular formula is C14H19N3O2. The van der Waals surface area contributed by atoms with Crippen molar-refractivity contribution in [1.29, 1.82) is 5.26 Å². The molecule has 19 heavy (non-hydrogen) atoms. The fourth-order valence-corrected chi connectivity index (χ4v) is 1.47. The first-order chi connectivity index (χ1) is 8.79. The Morgan fingerprint density at radius 1 is 1.47 bits per heavy atom. The molecule has 1 aromatic rings.